The monoisotopic (exact) mass is 415 g/mol. The van der Waals surface area contributed by atoms with Crippen LogP contribution in [-0.4, -0.2) is 43.5 Å². The fourth-order valence-corrected chi connectivity index (χ4v) is 5.31. The van der Waals surface area contributed by atoms with Crippen molar-refractivity contribution in [1.29, 1.82) is 0 Å². The molecule has 1 fully saturated rings. The lowest BCUT2D eigenvalue weighted by atomic mass is 10.1. The fraction of sp³-hybridized carbons (Fsp3) is 0.286. The Morgan fingerprint density at radius 1 is 0.966 bits per heavy atom. The second-order valence-electron chi connectivity index (χ2n) is 7.10. The van der Waals surface area contributed by atoms with Gasteiger partial charge in [0, 0.05) is 36.6 Å². The van der Waals surface area contributed by atoms with Crippen molar-refractivity contribution in [2.24, 2.45) is 0 Å². The first-order valence-electron chi connectivity index (χ1n) is 9.54. The van der Waals surface area contributed by atoms with Crippen LogP contribution in [-0.2, 0) is 16.6 Å². The number of nitrogens with one attached hydrogen (secondary N) is 1. The van der Waals surface area contributed by atoms with Gasteiger partial charge in [0.1, 0.15) is 5.82 Å². The summed E-state index contributed by atoms with van der Waals surface area (Å²) >= 11 is 0. The Kier molecular flexibility index (Phi) is 5.49. The topological polar surface area (TPSA) is 71.4 Å². The Morgan fingerprint density at radius 2 is 1.76 bits per heavy atom. The highest BCUT2D eigenvalue weighted by molar-refractivity contribution is 7.89. The summed E-state index contributed by atoms with van der Waals surface area (Å²) in [6.45, 7) is 2.53. The number of hydrogen-bond donors (Lipinski definition) is 1. The maximum atomic E-state index is 13.2. The molecule has 0 aliphatic carbocycles. The van der Waals surface area contributed by atoms with E-state index in [1.165, 1.54) is 21.0 Å². The number of pyridine rings is 1. The van der Waals surface area contributed by atoms with E-state index in [0.717, 1.165) is 18.5 Å². The van der Waals surface area contributed by atoms with Crippen molar-refractivity contribution in [3.8, 4) is 0 Å². The third kappa shape index (κ3) is 3.96. The number of benzene rings is 2. The zero-order chi connectivity index (χ0) is 20.4. The third-order valence-corrected chi connectivity index (χ3v) is 7.12. The zero-order valence-corrected chi connectivity index (χ0v) is 16.7. The van der Waals surface area contributed by atoms with Crippen molar-refractivity contribution < 1.29 is 12.8 Å². The molecule has 0 spiro atoms. The Morgan fingerprint density at radius 3 is 2.55 bits per heavy atom. The number of fused-ring (bicyclic) bond motifs is 1. The molecule has 0 radical (unpaired) electrons. The molecule has 0 atom stereocenters. The van der Waals surface area contributed by atoms with Gasteiger partial charge in [-0.15, -0.1) is 0 Å². The summed E-state index contributed by atoms with van der Waals surface area (Å²) < 4.78 is 42.5. The van der Waals surface area contributed by atoms with E-state index in [0.29, 0.717) is 30.4 Å². The first-order chi connectivity index (χ1) is 14.0. The van der Waals surface area contributed by atoms with E-state index in [1.807, 2.05) is 0 Å². The van der Waals surface area contributed by atoms with Crippen molar-refractivity contribution in [3.05, 3.63) is 76.5 Å². The summed E-state index contributed by atoms with van der Waals surface area (Å²) in [5, 5.41) is 3.97. The van der Waals surface area contributed by atoms with Gasteiger partial charge in [0.2, 0.25) is 10.0 Å². The van der Waals surface area contributed by atoms with Gasteiger partial charge >= 0.3 is 0 Å². The number of aromatic nitrogens is 1. The molecule has 0 amide bonds. The predicted octanol–water partition coefficient (Wildman–Crippen LogP) is 2.17. The molecule has 2 aromatic carbocycles. The van der Waals surface area contributed by atoms with Crippen molar-refractivity contribution in [3.63, 3.8) is 0 Å². The predicted molar refractivity (Wildman–Crippen MR) is 110 cm³/mol. The van der Waals surface area contributed by atoms with Crippen LogP contribution in [0.1, 0.15) is 12.0 Å². The molecular weight excluding hydrogens is 393 g/mol. The van der Waals surface area contributed by atoms with Crippen LogP contribution in [0.15, 0.2) is 64.4 Å². The normalized spacial score (nSPS) is 16.0. The average molecular weight is 415 g/mol. The van der Waals surface area contributed by atoms with Gasteiger partial charge in [-0.05, 0) is 48.9 Å². The van der Waals surface area contributed by atoms with Crippen LogP contribution in [0.3, 0.4) is 0 Å². The minimum atomic E-state index is -3.70. The van der Waals surface area contributed by atoms with E-state index in [1.54, 1.807) is 42.6 Å². The summed E-state index contributed by atoms with van der Waals surface area (Å²) in [6, 6.07) is 12.4. The summed E-state index contributed by atoms with van der Waals surface area (Å²) in [4.78, 5) is 13.1. The molecular formula is C21H22FN3O3S. The third-order valence-electron chi connectivity index (χ3n) is 5.16. The van der Waals surface area contributed by atoms with Crippen LogP contribution in [0.2, 0.25) is 0 Å². The molecule has 8 heteroatoms. The quantitative estimate of drug-likeness (QED) is 0.709. The van der Waals surface area contributed by atoms with Crippen molar-refractivity contribution in [2.45, 2.75) is 17.9 Å². The number of sulfonamides is 1. The molecule has 4 rings (SSSR count). The van der Waals surface area contributed by atoms with Crippen LogP contribution in [0.25, 0.3) is 10.8 Å². The summed E-state index contributed by atoms with van der Waals surface area (Å²) in [6.07, 6.45) is 2.34. The van der Waals surface area contributed by atoms with E-state index in [-0.39, 0.29) is 22.8 Å². The van der Waals surface area contributed by atoms with Gasteiger partial charge in [0.25, 0.3) is 5.56 Å². The number of hydrogen-bond acceptors (Lipinski definition) is 4. The SMILES string of the molecule is O=c1c2cccc(S(=O)(=O)N3CCCNCC3)c2ccn1Cc1ccc(F)cc1. The summed E-state index contributed by atoms with van der Waals surface area (Å²) in [5.74, 6) is -0.335. The van der Waals surface area contributed by atoms with Crippen molar-refractivity contribution in [1.82, 2.24) is 14.2 Å². The van der Waals surface area contributed by atoms with Gasteiger partial charge in [-0.25, -0.2) is 12.8 Å². The van der Waals surface area contributed by atoms with Crippen molar-refractivity contribution >= 4 is 20.8 Å². The Balaban J connectivity index is 1.75. The molecule has 1 aliphatic heterocycles. The van der Waals surface area contributed by atoms with Gasteiger partial charge in [0.15, 0.2) is 0 Å². The second kappa shape index (κ2) is 8.06. The van der Waals surface area contributed by atoms with E-state index in [9.17, 15) is 17.6 Å². The molecule has 0 saturated carbocycles. The standard InChI is InChI=1S/C21H22FN3O3S/c22-17-7-5-16(6-8-17)15-24-13-9-18-19(21(24)26)3-1-4-20(18)29(27,28)25-12-2-10-23-11-14-25/h1,3-9,13,23H,2,10-12,14-15H2. The highest BCUT2D eigenvalue weighted by Gasteiger charge is 2.27. The molecule has 0 bridgehead atoms. The van der Waals surface area contributed by atoms with Crippen molar-refractivity contribution in [2.75, 3.05) is 26.2 Å². The summed E-state index contributed by atoms with van der Waals surface area (Å²) in [5.41, 5.74) is 0.509. The molecule has 29 heavy (non-hydrogen) atoms. The van der Waals surface area contributed by atoms with E-state index in [4.69, 9.17) is 0 Å². The number of rotatable bonds is 4. The highest BCUT2D eigenvalue weighted by atomic mass is 32.2. The van der Waals surface area contributed by atoms with Crippen LogP contribution in [0.5, 0.6) is 0 Å². The Hall–Kier alpha value is -2.55. The number of halogens is 1. The molecule has 0 unspecified atom stereocenters. The van der Waals surface area contributed by atoms with Gasteiger partial charge < -0.3 is 9.88 Å². The lowest BCUT2D eigenvalue weighted by molar-refractivity contribution is 0.432. The van der Waals surface area contributed by atoms with Gasteiger partial charge in [-0.1, -0.05) is 18.2 Å². The lowest BCUT2D eigenvalue weighted by Gasteiger charge is -2.20. The minimum absolute atomic E-state index is 0.155. The maximum Gasteiger partial charge on any atom is 0.258 e. The molecule has 1 aliphatic rings. The Bertz CT molecular complexity index is 1180. The maximum absolute atomic E-state index is 13.2. The van der Waals surface area contributed by atoms with Crippen LogP contribution < -0.4 is 10.9 Å². The molecule has 152 valence electrons. The lowest BCUT2D eigenvalue weighted by Crippen LogP contribution is -2.34. The first-order valence-corrected chi connectivity index (χ1v) is 11.0. The molecule has 6 nitrogen and oxygen atoms in total. The zero-order valence-electron chi connectivity index (χ0n) is 15.8. The van der Waals surface area contributed by atoms with Gasteiger partial charge in [0.05, 0.1) is 11.4 Å². The number of nitrogens with zero attached hydrogens (tertiary/aromatic N) is 2. The Labute approximate surface area is 168 Å². The van der Waals surface area contributed by atoms with Gasteiger partial charge in [-0.2, -0.15) is 4.31 Å². The molecule has 1 aromatic heterocycles. The van der Waals surface area contributed by atoms with Crippen LogP contribution in [0, 0.1) is 5.82 Å². The van der Waals surface area contributed by atoms with Crippen LogP contribution >= 0.6 is 0 Å². The molecule has 2 heterocycles. The first kappa shape index (κ1) is 19.8. The highest BCUT2D eigenvalue weighted by Crippen LogP contribution is 2.24. The van der Waals surface area contributed by atoms with E-state index in [2.05, 4.69) is 5.32 Å². The average Bonchev–Trinajstić information content (AvgIpc) is 3.01. The smallest absolute Gasteiger partial charge is 0.258 e. The van der Waals surface area contributed by atoms with Gasteiger partial charge in [-0.3, -0.25) is 4.79 Å². The molecule has 1 saturated heterocycles. The van der Waals surface area contributed by atoms with E-state index < -0.39 is 10.0 Å². The largest absolute Gasteiger partial charge is 0.315 e. The molecule has 1 N–H and O–H groups in total. The van der Waals surface area contributed by atoms with E-state index >= 15 is 0 Å². The van der Waals surface area contributed by atoms with Crippen LogP contribution in [0.4, 0.5) is 4.39 Å². The summed E-state index contributed by atoms with van der Waals surface area (Å²) in [7, 11) is -3.70. The molecule has 3 aromatic rings. The second-order valence-corrected chi connectivity index (χ2v) is 9.01. The minimum Gasteiger partial charge on any atom is -0.315 e. The fourth-order valence-electron chi connectivity index (χ4n) is 3.63.